The van der Waals surface area contributed by atoms with Crippen molar-refractivity contribution in [2.24, 2.45) is 0 Å². The number of hydrogen-bond donors (Lipinski definition) is 0. The van der Waals surface area contributed by atoms with Gasteiger partial charge in [0.1, 0.15) is 0 Å². The molecular formula is C11H5Cl3OS. The van der Waals surface area contributed by atoms with Crippen molar-refractivity contribution in [2.75, 3.05) is 0 Å². The quantitative estimate of drug-likeness (QED) is 0.550. The summed E-state index contributed by atoms with van der Waals surface area (Å²) in [6, 6.07) is 5.06. The third-order valence-corrected chi connectivity index (χ3v) is 3.95. The largest absolute Gasteiger partial charge is 0.297 e. The van der Waals surface area contributed by atoms with Crippen LogP contribution in [0.1, 0.15) is 9.67 Å². The minimum Gasteiger partial charge on any atom is -0.297 e. The van der Waals surface area contributed by atoms with E-state index < -0.39 is 0 Å². The molecule has 5 heteroatoms. The standard InChI is InChI=1S/C11H5Cl3OS/c12-9-3-11(14)10(13)2-8(9)6-1-7(4-15)16-5-6/h1-5H. The predicted molar refractivity (Wildman–Crippen MR) is 70.2 cm³/mol. The monoisotopic (exact) mass is 290 g/mol. The highest BCUT2D eigenvalue weighted by Gasteiger charge is 2.09. The maximum Gasteiger partial charge on any atom is 0.160 e. The van der Waals surface area contributed by atoms with Gasteiger partial charge >= 0.3 is 0 Å². The van der Waals surface area contributed by atoms with Crippen LogP contribution < -0.4 is 0 Å². The van der Waals surface area contributed by atoms with Crippen LogP contribution in [-0.2, 0) is 0 Å². The molecule has 0 bridgehead atoms. The van der Waals surface area contributed by atoms with E-state index in [0.29, 0.717) is 19.9 Å². The summed E-state index contributed by atoms with van der Waals surface area (Å²) in [5, 5.41) is 3.24. The Morgan fingerprint density at radius 3 is 2.31 bits per heavy atom. The second-order valence-corrected chi connectivity index (χ2v) is 5.27. The molecule has 0 unspecified atom stereocenters. The minimum absolute atomic E-state index is 0.418. The van der Waals surface area contributed by atoms with Crippen LogP contribution in [0, 0.1) is 0 Å². The van der Waals surface area contributed by atoms with Crippen molar-refractivity contribution >= 4 is 52.4 Å². The molecule has 1 nitrogen and oxygen atoms in total. The highest BCUT2D eigenvalue weighted by Crippen LogP contribution is 2.36. The summed E-state index contributed by atoms with van der Waals surface area (Å²) in [7, 11) is 0. The van der Waals surface area contributed by atoms with Gasteiger partial charge in [0.2, 0.25) is 0 Å². The third kappa shape index (κ3) is 2.25. The average molecular weight is 292 g/mol. The number of halogens is 3. The van der Waals surface area contributed by atoms with Gasteiger partial charge in [0.05, 0.1) is 19.9 Å². The number of carbonyl (C=O) groups is 1. The van der Waals surface area contributed by atoms with Crippen molar-refractivity contribution in [1.82, 2.24) is 0 Å². The molecule has 1 aromatic heterocycles. The Morgan fingerprint density at radius 1 is 1.00 bits per heavy atom. The fourth-order valence-electron chi connectivity index (χ4n) is 1.30. The summed E-state index contributed by atoms with van der Waals surface area (Å²) in [5.41, 5.74) is 1.65. The van der Waals surface area contributed by atoms with Gasteiger partial charge in [0.25, 0.3) is 0 Å². The number of benzene rings is 1. The minimum atomic E-state index is 0.418. The average Bonchev–Trinajstić information content (AvgIpc) is 2.71. The van der Waals surface area contributed by atoms with Crippen molar-refractivity contribution in [2.45, 2.75) is 0 Å². The second kappa shape index (κ2) is 4.76. The van der Waals surface area contributed by atoms with Gasteiger partial charge in [-0.3, -0.25) is 4.79 Å². The van der Waals surface area contributed by atoms with Gasteiger partial charge in [0.15, 0.2) is 6.29 Å². The first-order chi connectivity index (χ1) is 7.61. The molecule has 0 aliphatic heterocycles. The predicted octanol–water partition coefficient (Wildman–Crippen LogP) is 5.19. The Labute approximate surface area is 112 Å². The zero-order valence-corrected chi connectivity index (χ0v) is 10.9. The lowest BCUT2D eigenvalue weighted by molar-refractivity contribution is 0.112. The van der Waals surface area contributed by atoms with Gasteiger partial charge in [-0.25, -0.2) is 0 Å². The Hall–Kier alpha value is -0.540. The molecule has 0 aliphatic carbocycles. The molecule has 1 aromatic carbocycles. The van der Waals surface area contributed by atoms with Gasteiger partial charge in [-0.1, -0.05) is 34.8 Å². The lowest BCUT2D eigenvalue weighted by Gasteiger charge is -2.04. The molecule has 82 valence electrons. The summed E-state index contributed by atoms with van der Waals surface area (Å²) >= 11 is 19.2. The summed E-state index contributed by atoms with van der Waals surface area (Å²) < 4.78 is 0. The Bertz CT molecular complexity index is 548. The van der Waals surface area contributed by atoms with Crippen molar-refractivity contribution in [3.05, 3.63) is 43.5 Å². The molecule has 0 amide bonds. The summed E-state index contributed by atoms with van der Waals surface area (Å²) in [6.45, 7) is 0. The molecule has 0 radical (unpaired) electrons. The Kier molecular flexibility index (Phi) is 3.55. The molecule has 1 heterocycles. The highest BCUT2D eigenvalue weighted by molar-refractivity contribution is 7.12. The molecular weight excluding hydrogens is 287 g/mol. The van der Waals surface area contributed by atoms with E-state index in [4.69, 9.17) is 34.8 Å². The first kappa shape index (κ1) is 11.9. The first-order valence-electron chi connectivity index (χ1n) is 4.30. The number of carbonyl (C=O) groups excluding carboxylic acids is 1. The number of aldehydes is 1. The normalized spacial score (nSPS) is 10.4. The SMILES string of the molecule is O=Cc1cc(-c2cc(Cl)c(Cl)cc2Cl)cs1. The molecule has 0 atom stereocenters. The van der Waals surface area contributed by atoms with E-state index in [1.54, 1.807) is 18.2 Å². The third-order valence-electron chi connectivity index (χ3n) is 2.06. The molecule has 0 aliphatic rings. The van der Waals surface area contributed by atoms with Gasteiger partial charge in [-0.05, 0) is 29.1 Å². The lowest BCUT2D eigenvalue weighted by atomic mass is 10.1. The van der Waals surface area contributed by atoms with E-state index in [2.05, 4.69) is 0 Å². The van der Waals surface area contributed by atoms with E-state index in [0.717, 1.165) is 17.4 Å². The Morgan fingerprint density at radius 2 is 1.69 bits per heavy atom. The molecule has 0 fully saturated rings. The molecule has 0 saturated carbocycles. The fraction of sp³-hybridized carbons (Fsp3) is 0. The van der Waals surface area contributed by atoms with Gasteiger partial charge in [-0.15, -0.1) is 11.3 Å². The van der Waals surface area contributed by atoms with Crippen molar-refractivity contribution < 1.29 is 4.79 Å². The first-order valence-corrected chi connectivity index (χ1v) is 6.32. The molecule has 0 N–H and O–H groups in total. The molecule has 0 spiro atoms. The van der Waals surface area contributed by atoms with Crippen LogP contribution in [0.25, 0.3) is 11.1 Å². The van der Waals surface area contributed by atoms with Crippen LogP contribution in [0.15, 0.2) is 23.6 Å². The van der Waals surface area contributed by atoms with Crippen LogP contribution in [0.5, 0.6) is 0 Å². The van der Waals surface area contributed by atoms with Gasteiger partial charge in [0, 0.05) is 5.56 Å². The van der Waals surface area contributed by atoms with E-state index in [1.165, 1.54) is 11.3 Å². The fourth-order valence-corrected chi connectivity index (χ4v) is 2.66. The smallest absolute Gasteiger partial charge is 0.160 e. The molecule has 0 saturated heterocycles. The zero-order chi connectivity index (χ0) is 11.7. The van der Waals surface area contributed by atoms with Crippen molar-refractivity contribution in [3.8, 4) is 11.1 Å². The number of hydrogen-bond acceptors (Lipinski definition) is 2. The zero-order valence-electron chi connectivity index (χ0n) is 7.84. The summed E-state index contributed by atoms with van der Waals surface area (Å²) in [6.07, 6.45) is 0.805. The van der Waals surface area contributed by atoms with Crippen LogP contribution >= 0.6 is 46.1 Å². The maximum atomic E-state index is 10.6. The maximum absolute atomic E-state index is 10.6. The van der Waals surface area contributed by atoms with Crippen LogP contribution in [-0.4, -0.2) is 6.29 Å². The Balaban J connectivity index is 2.55. The number of thiophene rings is 1. The van der Waals surface area contributed by atoms with Gasteiger partial charge in [-0.2, -0.15) is 0 Å². The molecule has 2 rings (SSSR count). The van der Waals surface area contributed by atoms with Crippen LogP contribution in [0.3, 0.4) is 0 Å². The molecule has 16 heavy (non-hydrogen) atoms. The van der Waals surface area contributed by atoms with Crippen molar-refractivity contribution in [1.29, 1.82) is 0 Å². The van der Waals surface area contributed by atoms with E-state index >= 15 is 0 Å². The topological polar surface area (TPSA) is 17.1 Å². The van der Waals surface area contributed by atoms with Crippen LogP contribution in [0.4, 0.5) is 0 Å². The van der Waals surface area contributed by atoms with E-state index in [1.807, 2.05) is 5.38 Å². The van der Waals surface area contributed by atoms with Crippen LogP contribution in [0.2, 0.25) is 15.1 Å². The van der Waals surface area contributed by atoms with Gasteiger partial charge < -0.3 is 0 Å². The van der Waals surface area contributed by atoms with Crippen molar-refractivity contribution in [3.63, 3.8) is 0 Å². The summed E-state index contributed by atoms with van der Waals surface area (Å²) in [4.78, 5) is 11.2. The van der Waals surface area contributed by atoms with E-state index in [9.17, 15) is 4.79 Å². The highest BCUT2D eigenvalue weighted by atomic mass is 35.5. The van der Waals surface area contributed by atoms with E-state index in [-0.39, 0.29) is 0 Å². The lowest BCUT2D eigenvalue weighted by Crippen LogP contribution is -1.78. The number of rotatable bonds is 2. The molecule has 2 aromatic rings. The summed E-state index contributed by atoms with van der Waals surface area (Å²) in [5.74, 6) is 0. The second-order valence-electron chi connectivity index (χ2n) is 3.10.